The Kier molecular flexibility index (Phi) is 20.9. The minimum Gasteiger partial charge on any atom is -0.238 e. The van der Waals surface area contributed by atoms with E-state index >= 15 is 0 Å². The van der Waals surface area contributed by atoms with E-state index in [-0.39, 0.29) is 0 Å². The summed E-state index contributed by atoms with van der Waals surface area (Å²) in [6, 6.07) is 141. The molecular formula is C106H68N12. The molecule has 0 aliphatic rings. The van der Waals surface area contributed by atoms with Gasteiger partial charge in [-0.25, -0.2) is 54.7 Å². The van der Waals surface area contributed by atoms with E-state index in [9.17, 15) is 5.26 Å². The van der Waals surface area contributed by atoms with Crippen LogP contribution in [0.5, 0.6) is 0 Å². The Morgan fingerprint density at radius 2 is 0.356 bits per heavy atom. The SMILES string of the molecule is N#Cc1ccc(-c2cc(-c3ccc(-c4cccc(-c5nc(-c6ccc(-c7ccccc7)cc6)nc(-c6ccc(-c7ccccc7)cc6)n5)c4)cc3)nc(-c3ccccc3)n2)cc1.[C-]#[N+]c1ccc(-c2nc(-c3ccccc3)nc(-c3cccc(-c4ccc(-c5cc(-c6ccc(-c7ccccc7)cc6)nc(-c6ccccc6)n5)cc4)c3)n2)cc1. The highest BCUT2D eigenvalue weighted by Gasteiger charge is 2.19. The predicted octanol–water partition coefficient (Wildman–Crippen LogP) is 26.1. The first-order valence-corrected chi connectivity index (χ1v) is 38.7. The molecule has 12 heteroatoms. The summed E-state index contributed by atoms with van der Waals surface area (Å²) < 4.78 is 0. The summed E-state index contributed by atoms with van der Waals surface area (Å²) in [4.78, 5) is 53.4. The first-order valence-electron chi connectivity index (χ1n) is 38.7. The van der Waals surface area contributed by atoms with E-state index in [0.717, 1.165) is 140 Å². The molecule has 0 bridgehead atoms. The zero-order valence-corrected chi connectivity index (χ0v) is 63.6. The molecule has 0 radical (unpaired) electrons. The van der Waals surface area contributed by atoms with Crippen molar-refractivity contribution in [1.82, 2.24) is 49.8 Å². The second-order valence-electron chi connectivity index (χ2n) is 28.1. The van der Waals surface area contributed by atoms with Crippen LogP contribution in [0.15, 0.2) is 413 Å². The third-order valence-corrected chi connectivity index (χ3v) is 20.4. The van der Waals surface area contributed by atoms with Crippen LogP contribution < -0.4 is 0 Å². The summed E-state index contributed by atoms with van der Waals surface area (Å²) >= 11 is 0. The monoisotopic (exact) mass is 1510 g/mol. The Morgan fingerprint density at radius 3 is 0.627 bits per heavy atom. The highest BCUT2D eigenvalue weighted by Crippen LogP contribution is 2.37. The van der Waals surface area contributed by atoms with E-state index < -0.39 is 0 Å². The minimum absolute atomic E-state index is 0.548. The zero-order valence-electron chi connectivity index (χ0n) is 63.6. The van der Waals surface area contributed by atoms with Gasteiger partial charge in [-0.05, 0) is 92.0 Å². The minimum atomic E-state index is 0.548. The maximum Gasteiger partial charge on any atom is 0.187 e. The van der Waals surface area contributed by atoms with Gasteiger partial charge in [-0.15, -0.1) is 0 Å². The van der Waals surface area contributed by atoms with Crippen LogP contribution in [-0.2, 0) is 0 Å². The molecule has 118 heavy (non-hydrogen) atoms. The van der Waals surface area contributed by atoms with E-state index in [1.165, 1.54) is 5.56 Å². The fourth-order valence-electron chi connectivity index (χ4n) is 14.1. The number of benzene rings is 15. The van der Waals surface area contributed by atoms with Crippen LogP contribution in [-0.4, -0.2) is 49.8 Å². The van der Waals surface area contributed by atoms with Gasteiger partial charge in [-0.3, -0.25) is 0 Å². The number of nitrogens with zero attached hydrogens (tertiary/aromatic N) is 12. The van der Waals surface area contributed by atoms with E-state index in [4.69, 9.17) is 56.4 Å². The zero-order chi connectivity index (χ0) is 79.4. The molecule has 0 saturated carbocycles. The molecule has 12 nitrogen and oxygen atoms in total. The largest absolute Gasteiger partial charge is 0.238 e. The molecule has 4 aromatic heterocycles. The Labute approximate surface area is 683 Å². The highest BCUT2D eigenvalue weighted by atomic mass is 15.0. The van der Waals surface area contributed by atoms with E-state index in [2.05, 4.69) is 241 Å². The Hall–Kier alpha value is -16.5. The van der Waals surface area contributed by atoms with Crippen molar-refractivity contribution in [1.29, 1.82) is 5.26 Å². The lowest BCUT2D eigenvalue weighted by atomic mass is 9.99. The normalized spacial score (nSPS) is 10.9. The van der Waals surface area contributed by atoms with E-state index in [1.807, 2.05) is 170 Å². The van der Waals surface area contributed by atoms with Crippen LogP contribution in [0.1, 0.15) is 5.56 Å². The van der Waals surface area contributed by atoms with Gasteiger partial charge in [0.25, 0.3) is 0 Å². The lowest BCUT2D eigenvalue weighted by Gasteiger charge is -2.11. The quantitative estimate of drug-likeness (QED) is 0.0799. The molecule has 0 amide bonds. The van der Waals surface area contributed by atoms with Crippen molar-refractivity contribution < 1.29 is 0 Å². The molecule has 0 atom stereocenters. The molecule has 0 unspecified atom stereocenters. The van der Waals surface area contributed by atoms with Crippen LogP contribution in [0.4, 0.5) is 5.69 Å². The van der Waals surface area contributed by atoms with Crippen LogP contribution in [0.3, 0.4) is 0 Å². The molecular weight excluding hydrogens is 1440 g/mol. The van der Waals surface area contributed by atoms with Crippen molar-refractivity contribution in [2.45, 2.75) is 0 Å². The van der Waals surface area contributed by atoms with Gasteiger partial charge in [0, 0.05) is 66.8 Å². The Morgan fingerprint density at radius 1 is 0.169 bits per heavy atom. The van der Waals surface area contributed by atoms with Crippen molar-refractivity contribution in [3.63, 3.8) is 0 Å². The first-order chi connectivity index (χ1) is 58.3. The van der Waals surface area contributed by atoms with Crippen LogP contribution in [0.2, 0.25) is 0 Å². The maximum absolute atomic E-state index is 9.36. The van der Waals surface area contributed by atoms with Crippen LogP contribution in [0, 0.1) is 17.9 Å². The molecule has 19 aromatic rings. The molecule has 0 aliphatic heterocycles. The summed E-state index contributed by atoms with van der Waals surface area (Å²) in [6.45, 7) is 7.35. The standard InChI is InChI=1S/C56H36N6.C50H32N6/c57-37-38-19-21-44(22-20-38)51-36-52(59-53(58-51)46-15-8-3-9-16-46)45-29-23-43(24-30-45)49-17-10-18-50(35-49)56-61-54(47-31-25-41(26-32-47)39-11-4-1-5-12-39)60-55(62-56)48-33-27-42(28-34-48)40-13-6-2-7-14-40;1-51-44-30-28-41(29-31-44)49-54-48(40-16-9-4-10-17-40)55-50(56-49)43-19-11-18-42(32-43)36-22-26-38(27-23-36)46-33-45(52-47(53-46)39-14-7-3-8-15-39)37-24-20-35(21-25-37)34-12-5-2-6-13-34/h1-36H;2-33H. The second kappa shape index (κ2) is 33.8. The maximum atomic E-state index is 9.36. The van der Waals surface area contributed by atoms with Crippen molar-refractivity contribution in [3.8, 4) is 198 Å². The Bertz CT molecular complexity index is 6730. The third kappa shape index (κ3) is 16.5. The Balaban J connectivity index is 0.000000163. The fraction of sp³-hybridized carbons (Fsp3) is 0. The lowest BCUT2D eigenvalue weighted by molar-refractivity contribution is 1.07. The first kappa shape index (κ1) is 73.0. The van der Waals surface area contributed by atoms with Gasteiger partial charge >= 0.3 is 0 Å². The molecule has 0 spiro atoms. The lowest BCUT2D eigenvalue weighted by Crippen LogP contribution is -2.00. The van der Waals surface area contributed by atoms with Gasteiger partial charge in [-0.2, -0.15) is 5.26 Å². The average molecular weight is 1510 g/mol. The average Bonchev–Trinajstić information content (AvgIpc) is 0.799. The summed E-state index contributed by atoms with van der Waals surface area (Å²) in [5, 5.41) is 9.36. The molecule has 0 saturated heterocycles. The molecule has 19 rings (SSSR count). The van der Waals surface area contributed by atoms with Gasteiger partial charge in [0.1, 0.15) is 0 Å². The van der Waals surface area contributed by atoms with Crippen molar-refractivity contribution in [2.24, 2.45) is 0 Å². The summed E-state index contributed by atoms with van der Waals surface area (Å²) in [6.07, 6.45) is 0. The van der Waals surface area contributed by atoms with Gasteiger partial charge in [0.15, 0.2) is 52.3 Å². The molecule has 0 aliphatic carbocycles. The van der Waals surface area contributed by atoms with E-state index in [0.29, 0.717) is 57.8 Å². The highest BCUT2D eigenvalue weighted by molar-refractivity contribution is 5.82. The molecule has 4 heterocycles. The second-order valence-corrected chi connectivity index (χ2v) is 28.1. The number of nitriles is 1. The van der Waals surface area contributed by atoms with Gasteiger partial charge in [0.05, 0.1) is 41.0 Å². The molecule has 0 N–H and O–H groups in total. The number of aromatic nitrogens is 10. The van der Waals surface area contributed by atoms with Gasteiger partial charge in [0.2, 0.25) is 0 Å². The number of hydrogen-bond acceptors (Lipinski definition) is 11. The van der Waals surface area contributed by atoms with Crippen molar-refractivity contribution >= 4 is 5.69 Å². The number of hydrogen-bond donors (Lipinski definition) is 0. The van der Waals surface area contributed by atoms with Gasteiger partial charge < -0.3 is 0 Å². The molecule has 15 aromatic carbocycles. The predicted molar refractivity (Wildman–Crippen MR) is 474 cm³/mol. The van der Waals surface area contributed by atoms with Crippen LogP contribution >= 0.6 is 0 Å². The smallest absolute Gasteiger partial charge is 0.187 e. The topological polar surface area (TPSA) is 157 Å². The number of rotatable bonds is 17. The summed E-state index contributed by atoms with van der Waals surface area (Å²) in [5.74, 6) is 4.81. The van der Waals surface area contributed by atoms with Gasteiger partial charge in [-0.1, -0.05) is 376 Å². The third-order valence-electron chi connectivity index (χ3n) is 20.4. The van der Waals surface area contributed by atoms with E-state index in [1.54, 1.807) is 12.1 Å². The van der Waals surface area contributed by atoms with Crippen molar-refractivity contribution in [2.75, 3.05) is 0 Å². The summed E-state index contributed by atoms with van der Waals surface area (Å²) in [7, 11) is 0. The summed E-state index contributed by atoms with van der Waals surface area (Å²) in [5.41, 5.74) is 26.6. The fourth-order valence-corrected chi connectivity index (χ4v) is 14.1. The van der Waals surface area contributed by atoms with Crippen molar-refractivity contribution in [3.05, 3.63) is 429 Å². The molecule has 552 valence electrons. The van der Waals surface area contributed by atoms with Crippen LogP contribution in [0.25, 0.3) is 197 Å². The molecule has 0 fully saturated rings.